The first kappa shape index (κ1) is 23.2. The summed E-state index contributed by atoms with van der Waals surface area (Å²) in [7, 11) is 1.57. The van der Waals surface area contributed by atoms with Crippen LogP contribution in [-0.4, -0.2) is 59.2 Å². The van der Waals surface area contributed by atoms with Crippen LogP contribution in [0.1, 0.15) is 42.4 Å². The molecule has 0 aliphatic carbocycles. The number of esters is 1. The molecule has 9 heteroatoms. The number of fused-ring (bicyclic) bond motifs is 5. The van der Waals surface area contributed by atoms with Crippen molar-refractivity contribution in [1.29, 1.82) is 0 Å². The maximum atomic E-state index is 13.5. The van der Waals surface area contributed by atoms with Crippen LogP contribution in [0.3, 0.4) is 0 Å². The van der Waals surface area contributed by atoms with Crippen LogP contribution in [0.2, 0.25) is 0 Å². The van der Waals surface area contributed by atoms with Crippen molar-refractivity contribution in [1.82, 2.24) is 14.5 Å². The Labute approximate surface area is 203 Å². The van der Waals surface area contributed by atoms with Gasteiger partial charge in [-0.2, -0.15) is 0 Å². The van der Waals surface area contributed by atoms with Crippen molar-refractivity contribution in [3.63, 3.8) is 0 Å². The number of H-pyrrole nitrogens is 1. The Hall–Kier alpha value is -3.59. The number of rotatable bonds is 6. The molecule has 35 heavy (non-hydrogen) atoms. The van der Waals surface area contributed by atoms with Gasteiger partial charge in [0, 0.05) is 48.2 Å². The van der Waals surface area contributed by atoms with Crippen LogP contribution in [-0.2, 0) is 16.1 Å². The first-order valence-electron chi connectivity index (χ1n) is 12.0. The number of hydrogen-bond acceptors (Lipinski definition) is 6. The number of hydrogen-bond donors (Lipinski definition) is 2. The van der Waals surface area contributed by atoms with Crippen LogP contribution < -0.4 is 15.6 Å². The molecular weight excluding hydrogens is 448 g/mol. The summed E-state index contributed by atoms with van der Waals surface area (Å²) in [5.41, 5.74) is 2.38. The van der Waals surface area contributed by atoms with E-state index in [1.54, 1.807) is 38.3 Å². The fourth-order valence-electron chi connectivity index (χ4n) is 5.43. The SMILES string of the molecule is CCOC(=O)c1[nH]c2ccc(OC)cc2c1NC(=O)C(C)N1C[C@@H]2C[C@H](C1)c1cccc(=O)n1C2. The number of nitrogens with zero attached hydrogens (tertiary/aromatic N) is 2. The molecule has 5 rings (SSSR count). The third kappa shape index (κ3) is 4.20. The number of nitrogens with one attached hydrogen (secondary N) is 2. The quantitative estimate of drug-likeness (QED) is 0.528. The molecule has 1 amide bonds. The lowest BCUT2D eigenvalue weighted by molar-refractivity contribution is -0.121. The van der Waals surface area contributed by atoms with E-state index in [9.17, 15) is 14.4 Å². The smallest absolute Gasteiger partial charge is 0.356 e. The molecule has 4 heterocycles. The predicted octanol–water partition coefficient (Wildman–Crippen LogP) is 2.96. The highest BCUT2D eigenvalue weighted by atomic mass is 16.5. The second-order valence-electron chi connectivity index (χ2n) is 9.32. The molecule has 2 aliphatic rings. The van der Waals surface area contributed by atoms with E-state index in [0.717, 1.165) is 18.7 Å². The average molecular weight is 479 g/mol. The third-order valence-electron chi connectivity index (χ3n) is 7.17. The zero-order chi connectivity index (χ0) is 24.7. The van der Waals surface area contributed by atoms with Gasteiger partial charge in [0.2, 0.25) is 5.91 Å². The number of likely N-dealkylation sites (tertiary alicyclic amines) is 1. The van der Waals surface area contributed by atoms with Gasteiger partial charge >= 0.3 is 5.97 Å². The van der Waals surface area contributed by atoms with E-state index in [2.05, 4.69) is 15.2 Å². The fourth-order valence-corrected chi connectivity index (χ4v) is 5.43. The Morgan fingerprint density at radius 2 is 2.03 bits per heavy atom. The summed E-state index contributed by atoms with van der Waals surface area (Å²) in [6, 6.07) is 10.4. The standard InChI is InChI=1S/C26H30N4O5/c1-4-35-26(33)24-23(19-11-18(34-3)8-9-20(19)27-24)28-25(32)15(2)29-12-16-10-17(14-29)21-6-5-7-22(31)30(21)13-16/h5-9,11,15-17,27H,4,10,12-14H2,1-3H3,(H,28,32)/t15?,16-,17+/m0/s1. The maximum Gasteiger partial charge on any atom is 0.356 e. The number of anilines is 1. The monoisotopic (exact) mass is 478 g/mol. The number of piperidine rings is 1. The van der Waals surface area contributed by atoms with Crippen molar-refractivity contribution in [2.75, 3.05) is 32.1 Å². The Kier molecular flexibility index (Phi) is 6.10. The lowest BCUT2D eigenvalue weighted by Crippen LogP contribution is -2.52. The summed E-state index contributed by atoms with van der Waals surface area (Å²) in [5.74, 6) is 0.404. The summed E-state index contributed by atoms with van der Waals surface area (Å²) in [5, 5.41) is 3.67. The van der Waals surface area contributed by atoms with Crippen LogP contribution in [0.15, 0.2) is 41.2 Å². The first-order valence-corrected chi connectivity index (χ1v) is 12.0. The maximum absolute atomic E-state index is 13.5. The molecule has 3 aromatic rings. The number of methoxy groups -OCH3 is 1. The topological polar surface area (TPSA) is 106 Å². The van der Waals surface area contributed by atoms with Crippen LogP contribution >= 0.6 is 0 Å². The molecule has 184 valence electrons. The van der Waals surface area contributed by atoms with Gasteiger partial charge in [-0.25, -0.2) is 4.79 Å². The zero-order valence-electron chi connectivity index (χ0n) is 20.2. The number of pyridine rings is 1. The van der Waals surface area contributed by atoms with Gasteiger partial charge < -0.3 is 24.3 Å². The summed E-state index contributed by atoms with van der Waals surface area (Å²) in [6.07, 6.45) is 1.02. The number of ether oxygens (including phenoxy) is 2. The molecule has 1 saturated heterocycles. The van der Waals surface area contributed by atoms with Crippen LogP contribution in [0.4, 0.5) is 5.69 Å². The normalized spacial score (nSPS) is 20.2. The highest BCUT2D eigenvalue weighted by molar-refractivity contribution is 6.12. The van der Waals surface area contributed by atoms with Gasteiger partial charge in [-0.1, -0.05) is 6.07 Å². The van der Waals surface area contributed by atoms with Gasteiger partial charge in [0.25, 0.3) is 5.56 Å². The fraction of sp³-hybridized carbons (Fsp3) is 0.423. The van der Waals surface area contributed by atoms with Crippen LogP contribution in [0, 0.1) is 5.92 Å². The Morgan fingerprint density at radius 3 is 2.80 bits per heavy atom. The van der Waals surface area contributed by atoms with Crippen molar-refractivity contribution in [2.45, 2.75) is 38.8 Å². The molecule has 0 saturated carbocycles. The zero-order valence-corrected chi connectivity index (χ0v) is 20.2. The van der Waals surface area contributed by atoms with E-state index in [4.69, 9.17) is 9.47 Å². The van der Waals surface area contributed by atoms with E-state index in [-0.39, 0.29) is 29.7 Å². The summed E-state index contributed by atoms with van der Waals surface area (Å²) in [6.45, 7) is 5.95. The molecule has 2 aliphatic heterocycles. The predicted molar refractivity (Wildman–Crippen MR) is 132 cm³/mol. The van der Waals surface area contributed by atoms with Crippen molar-refractivity contribution >= 4 is 28.5 Å². The minimum atomic E-state index is -0.528. The Bertz CT molecular complexity index is 1340. The van der Waals surface area contributed by atoms with Crippen LogP contribution in [0.25, 0.3) is 10.9 Å². The highest BCUT2D eigenvalue weighted by Crippen LogP contribution is 2.36. The second-order valence-corrected chi connectivity index (χ2v) is 9.32. The number of carbonyl (C=O) groups is 2. The molecule has 1 unspecified atom stereocenters. The lowest BCUT2D eigenvalue weighted by atomic mass is 9.82. The van der Waals surface area contributed by atoms with Crippen molar-refractivity contribution < 1.29 is 19.1 Å². The Balaban J connectivity index is 1.41. The molecule has 9 nitrogen and oxygen atoms in total. The molecule has 2 aromatic heterocycles. The van der Waals surface area contributed by atoms with Crippen molar-refractivity contribution in [2.24, 2.45) is 5.92 Å². The molecule has 1 fully saturated rings. The van der Waals surface area contributed by atoms with Crippen LogP contribution in [0.5, 0.6) is 5.75 Å². The molecule has 1 aromatic carbocycles. The van der Waals surface area contributed by atoms with Gasteiger partial charge in [0.15, 0.2) is 0 Å². The third-order valence-corrected chi connectivity index (χ3v) is 7.17. The molecule has 0 radical (unpaired) electrons. The van der Waals surface area contributed by atoms with E-state index in [1.165, 1.54) is 0 Å². The number of amides is 1. The van der Waals surface area contributed by atoms with Crippen molar-refractivity contribution in [3.05, 3.63) is 58.1 Å². The highest BCUT2D eigenvalue weighted by Gasteiger charge is 2.37. The first-order chi connectivity index (χ1) is 16.9. The Morgan fingerprint density at radius 1 is 1.20 bits per heavy atom. The molecule has 2 bridgehead atoms. The van der Waals surface area contributed by atoms with Gasteiger partial charge in [-0.3, -0.25) is 14.5 Å². The number of aromatic nitrogens is 2. The summed E-state index contributed by atoms with van der Waals surface area (Å²) < 4.78 is 12.4. The molecular formula is C26H30N4O5. The van der Waals surface area contributed by atoms with Gasteiger partial charge in [0.05, 0.1) is 25.4 Å². The summed E-state index contributed by atoms with van der Waals surface area (Å²) >= 11 is 0. The molecule has 3 atom stereocenters. The molecule has 0 spiro atoms. The van der Waals surface area contributed by atoms with Gasteiger partial charge in [-0.15, -0.1) is 0 Å². The van der Waals surface area contributed by atoms with Gasteiger partial charge in [0.1, 0.15) is 11.4 Å². The lowest BCUT2D eigenvalue weighted by Gasteiger charge is -2.44. The van der Waals surface area contributed by atoms with E-state index in [0.29, 0.717) is 41.3 Å². The van der Waals surface area contributed by atoms with E-state index >= 15 is 0 Å². The van der Waals surface area contributed by atoms with E-state index in [1.807, 2.05) is 23.6 Å². The molecule has 2 N–H and O–H groups in total. The largest absolute Gasteiger partial charge is 0.497 e. The number of benzene rings is 1. The van der Waals surface area contributed by atoms with E-state index < -0.39 is 12.0 Å². The summed E-state index contributed by atoms with van der Waals surface area (Å²) in [4.78, 5) is 43.7. The van der Waals surface area contributed by atoms with Crippen molar-refractivity contribution in [3.8, 4) is 5.75 Å². The minimum absolute atomic E-state index is 0.0395. The van der Waals surface area contributed by atoms with Gasteiger partial charge in [-0.05, 0) is 50.5 Å². The number of carbonyl (C=O) groups excluding carboxylic acids is 2. The second kappa shape index (κ2) is 9.22. The number of aromatic amines is 1. The average Bonchev–Trinajstić information content (AvgIpc) is 3.21. The minimum Gasteiger partial charge on any atom is -0.497 e.